The summed E-state index contributed by atoms with van der Waals surface area (Å²) in [6.07, 6.45) is 3.99. The van der Waals surface area contributed by atoms with Gasteiger partial charge in [-0.2, -0.15) is 0 Å². The summed E-state index contributed by atoms with van der Waals surface area (Å²) >= 11 is 0. The molecule has 1 aromatic carbocycles. The molecule has 0 saturated heterocycles. The summed E-state index contributed by atoms with van der Waals surface area (Å²) in [4.78, 5) is 4.27. The first-order valence-corrected chi connectivity index (χ1v) is 4.88. The topological polar surface area (TPSA) is 36.7 Å². The van der Waals surface area contributed by atoms with Crippen LogP contribution in [0.4, 0.5) is 0 Å². The summed E-state index contributed by atoms with van der Waals surface area (Å²) in [6, 6.07) is 13.9. The van der Waals surface area contributed by atoms with Crippen LogP contribution in [0.15, 0.2) is 48.7 Å². The van der Waals surface area contributed by atoms with Crippen molar-refractivity contribution in [2.75, 3.05) is 0 Å². The monoisotopic (exact) mass is 196 g/mol. The van der Waals surface area contributed by atoms with E-state index in [-0.39, 0.29) is 0 Å². The van der Waals surface area contributed by atoms with Gasteiger partial charge in [-0.15, -0.1) is 0 Å². The van der Waals surface area contributed by atoms with E-state index in [0.29, 0.717) is 0 Å². The zero-order chi connectivity index (χ0) is 10.5. The fourth-order valence-corrected chi connectivity index (χ4v) is 1.50. The fraction of sp³-hybridized carbons (Fsp3) is 0.0769. The minimum atomic E-state index is 0.822. The molecule has 0 amide bonds. The van der Waals surface area contributed by atoms with Crippen molar-refractivity contribution in [1.29, 1.82) is 5.41 Å². The highest BCUT2D eigenvalue weighted by molar-refractivity contribution is 5.77. The molecule has 0 aliphatic carbocycles. The van der Waals surface area contributed by atoms with Crippen molar-refractivity contribution in [3.8, 4) is 0 Å². The third-order valence-electron chi connectivity index (χ3n) is 2.23. The van der Waals surface area contributed by atoms with Gasteiger partial charge in [0.15, 0.2) is 0 Å². The predicted octanol–water partition coefficient (Wildman–Crippen LogP) is 2.67. The lowest BCUT2D eigenvalue weighted by Crippen LogP contribution is -1.92. The molecule has 2 aromatic rings. The molecule has 0 spiro atoms. The standard InChI is InChI=1S/C13H12N2/c14-10-12-5-3-4-11(8-12)9-13-6-1-2-7-15-13/h1-8,10,14H,9H2. The quantitative estimate of drug-likeness (QED) is 0.753. The molecule has 0 radical (unpaired) electrons. The van der Waals surface area contributed by atoms with Crippen LogP contribution in [-0.2, 0) is 6.42 Å². The number of rotatable bonds is 3. The van der Waals surface area contributed by atoms with Crippen LogP contribution in [0.25, 0.3) is 0 Å². The Labute approximate surface area is 89.1 Å². The van der Waals surface area contributed by atoms with Gasteiger partial charge in [0.25, 0.3) is 0 Å². The summed E-state index contributed by atoms with van der Waals surface area (Å²) in [7, 11) is 0. The first-order chi connectivity index (χ1) is 7.38. The molecule has 0 aliphatic heterocycles. The van der Waals surface area contributed by atoms with Gasteiger partial charge in [-0.25, -0.2) is 0 Å². The zero-order valence-corrected chi connectivity index (χ0v) is 8.35. The minimum absolute atomic E-state index is 0.822. The number of nitrogens with zero attached hydrogens (tertiary/aromatic N) is 1. The lowest BCUT2D eigenvalue weighted by molar-refractivity contribution is 1.07. The maximum Gasteiger partial charge on any atom is 0.0447 e. The van der Waals surface area contributed by atoms with E-state index in [9.17, 15) is 0 Å². The summed E-state index contributed by atoms with van der Waals surface area (Å²) in [5.74, 6) is 0. The molecule has 15 heavy (non-hydrogen) atoms. The molecule has 0 aliphatic rings. The van der Waals surface area contributed by atoms with Crippen LogP contribution in [0, 0.1) is 5.41 Å². The first-order valence-electron chi connectivity index (χ1n) is 4.88. The van der Waals surface area contributed by atoms with Gasteiger partial charge in [0.05, 0.1) is 0 Å². The molecule has 2 heteroatoms. The van der Waals surface area contributed by atoms with Gasteiger partial charge in [0.2, 0.25) is 0 Å². The number of aromatic nitrogens is 1. The highest BCUT2D eigenvalue weighted by Gasteiger charge is 1.97. The predicted molar refractivity (Wildman–Crippen MR) is 61.4 cm³/mol. The largest absolute Gasteiger partial charge is 0.308 e. The van der Waals surface area contributed by atoms with Gasteiger partial charge >= 0.3 is 0 Å². The fourth-order valence-electron chi connectivity index (χ4n) is 1.50. The third kappa shape index (κ3) is 2.50. The number of hydrogen-bond acceptors (Lipinski definition) is 2. The van der Waals surface area contributed by atoms with Crippen molar-refractivity contribution in [2.24, 2.45) is 0 Å². The van der Waals surface area contributed by atoms with Gasteiger partial charge in [-0.3, -0.25) is 4.98 Å². The zero-order valence-electron chi connectivity index (χ0n) is 8.35. The molecular weight excluding hydrogens is 184 g/mol. The molecule has 0 saturated carbocycles. The Morgan fingerprint density at radius 3 is 2.80 bits per heavy atom. The molecular formula is C13H12N2. The number of pyridine rings is 1. The lowest BCUT2D eigenvalue weighted by atomic mass is 10.1. The lowest BCUT2D eigenvalue weighted by Gasteiger charge is -2.01. The van der Waals surface area contributed by atoms with Crippen LogP contribution in [0.5, 0.6) is 0 Å². The van der Waals surface area contributed by atoms with Crippen molar-refractivity contribution in [1.82, 2.24) is 4.98 Å². The van der Waals surface area contributed by atoms with Crippen LogP contribution < -0.4 is 0 Å². The second-order valence-corrected chi connectivity index (χ2v) is 3.39. The molecule has 74 valence electrons. The highest BCUT2D eigenvalue weighted by atomic mass is 14.7. The average molecular weight is 196 g/mol. The van der Waals surface area contributed by atoms with Gasteiger partial charge < -0.3 is 5.41 Å². The molecule has 1 aromatic heterocycles. The minimum Gasteiger partial charge on any atom is -0.308 e. The summed E-state index contributed by atoms with van der Waals surface area (Å²) in [5, 5.41) is 7.18. The second-order valence-electron chi connectivity index (χ2n) is 3.39. The van der Waals surface area contributed by atoms with Crippen molar-refractivity contribution < 1.29 is 0 Å². The number of benzene rings is 1. The van der Waals surface area contributed by atoms with Crippen molar-refractivity contribution >= 4 is 6.21 Å². The van der Waals surface area contributed by atoms with Gasteiger partial charge in [0, 0.05) is 24.5 Å². The van der Waals surface area contributed by atoms with E-state index in [1.54, 1.807) is 6.20 Å². The molecule has 0 atom stereocenters. The molecule has 0 unspecified atom stereocenters. The van der Waals surface area contributed by atoms with E-state index in [0.717, 1.165) is 17.7 Å². The van der Waals surface area contributed by atoms with Crippen molar-refractivity contribution in [3.05, 3.63) is 65.5 Å². The Morgan fingerprint density at radius 2 is 2.07 bits per heavy atom. The van der Waals surface area contributed by atoms with Crippen molar-refractivity contribution in [2.45, 2.75) is 6.42 Å². The number of hydrogen-bond donors (Lipinski definition) is 1. The van der Waals surface area contributed by atoms with Crippen LogP contribution >= 0.6 is 0 Å². The average Bonchev–Trinajstić information content (AvgIpc) is 2.31. The SMILES string of the molecule is N=Cc1cccc(Cc2ccccn2)c1. The van der Waals surface area contributed by atoms with Crippen LogP contribution in [0.1, 0.15) is 16.8 Å². The van der Waals surface area contributed by atoms with Gasteiger partial charge in [-0.05, 0) is 29.3 Å². The molecule has 1 heterocycles. The van der Waals surface area contributed by atoms with Gasteiger partial charge in [0.1, 0.15) is 0 Å². The van der Waals surface area contributed by atoms with Crippen LogP contribution in [-0.4, -0.2) is 11.2 Å². The maximum atomic E-state index is 7.18. The molecule has 0 fully saturated rings. The highest BCUT2D eigenvalue weighted by Crippen LogP contribution is 2.08. The van der Waals surface area contributed by atoms with Crippen molar-refractivity contribution in [3.63, 3.8) is 0 Å². The van der Waals surface area contributed by atoms with E-state index >= 15 is 0 Å². The third-order valence-corrected chi connectivity index (χ3v) is 2.23. The Bertz CT molecular complexity index is 449. The van der Waals surface area contributed by atoms with Crippen LogP contribution in [0.2, 0.25) is 0 Å². The molecule has 0 bridgehead atoms. The molecule has 2 nitrogen and oxygen atoms in total. The maximum absolute atomic E-state index is 7.18. The number of nitrogens with one attached hydrogen (secondary N) is 1. The Kier molecular flexibility index (Phi) is 2.88. The molecule has 1 N–H and O–H groups in total. The summed E-state index contributed by atoms with van der Waals surface area (Å²) < 4.78 is 0. The first kappa shape index (κ1) is 9.59. The normalized spacial score (nSPS) is 9.87. The smallest absolute Gasteiger partial charge is 0.0447 e. The van der Waals surface area contributed by atoms with E-state index < -0.39 is 0 Å². The Balaban J connectivity index is 2.21. The van der Waals surface area contributed by atoms with E-state index in [1.165, 1.54) is 11.8 Å². The van der Waals surface area contributed by atoms with Gasteiger partial charge in [-0.1, -0.05) is 24.3 Å². The summed E-state index contributed by atoms with van der Waals surface area (Å²) in [5.41, 5.74) is 3.18. The molecule has 2 rings (SSSR count). The van der Waals surface area contributed by atoms with E-state index in [2.05, 4.69) is 11.1 Å². The Morgan fingerprint density at radius 1 is 1.13 bits per heavy atom. The Hall–Kier alpha value is -1.96. The summed E-state index contributed by atoms with van der Waals surface area (Å²) in [6.45, 7) is 0. The van der Waals surface area contributed by atoms with E-state index in [4.69, 9.17) is 5.41 Å². The second kappa shape index (κ2) is 4.51. The van der Waals surface area contributed by atoms with Crippen LogP contribution in [0.3, 0.4) is 0 Å². The van der Waals surface area contributed by atoms with E-state index in [1.807, 2.05) is 36.4 Å².